The average molecular weight is 507 g/mol. The van der Waals surface area contributed by atoms with Crippen LogP contribution in [0.1, 0.15) is 44.9 Å². The van der Waals surface area contributed by atoms with E-state index in [0.717, 1.165) is 83.5 Å². The van der Waals surface area contributed by atoms with Crippen LogP contribution in [-0.4, -0.2) is 49.1 Å². The molecule has 0 atom stereocenters. The first-order valence-corrected chi connectivity index (χ1v) is 13.6. The second-order valence-electron chi connectivity index (χ2n) is 10.4. The molecule has 1 aliphatic heterocycles. The Morgan fingerprint density at radius 2 is 1.84 bits per heavy atom. The maximum absolute atomic E-state index is 12.6. The zero-order chi connectivity index (χ0) is 25.5. The lowest BCUT2D eigenvalue weighted by molar-refractivity contribution is -0.119. The minimum Gasteiger partial charge on any atom is -0.370 e. The van der Waals surface area contributed by atoms with Gasteiger partial charge in [0.25, 0.3) is 0 Å². The molecule has 1 saturated carbocycles. The molecule has 9 nitrogen and oxygen atoms in total. The van der Waals surface area contributed by atoms with Crippen LogP contribution < -0.4 is 10.2 Å². The topological polar surface area (TPSA) is 115 Å². The zero-order valence-corrected chi connectivity index (χ0v) is 21.2. The number of pyridine rings is 2. The minimum absolute atomic E-state index is 0.0794. The summed E-state index contributed by atoms with van der Waals surface area (Å²) in [5.74, 6) is 0.903. The van der Waals surface area contributed by atoms with Gasteiger partial charge < -0.3 is 15.2 Å². The van der Waals surface area contributed by atoms with Crippen molar-refractivity contribution in [3.8, 4) is 22.8 Å². The molecule has 2 fully saturated rings. The van der Waals surface area contributed by atoms with E-state index >= 15 is 0 Å². The quantitative estimate of drug-likeness (QED) is 0.282. The van der Waals surface area contributed by atoms with E-state index in [1.165, 1.54) is 24.9 Å². The van der Waals surface area contributed by atoms with Gasteiger partial charge in [0.2, 0.25) is 5.91 Å². The summed E-state index contributed by atoms with van der Waals surface area (Å²) in [5.41, 5.74) is 7.02. The predicted molar refractivity (Wildman–Crippen MR) is 149 cm³/mol. The first-order valence-electron chi connectivity index (χ1n) is 13.6. The Morgan fingerprint density at radius 1 is 0.974 bits per heavy atom. The Balaban J connectivity index is 1.22. The van der Waals surface area contributed by atoms with Gasteiger partial charge in [-0.1, -0.05) is 18.9 Å². The van der Waals surface area contributed by atoms with Crippen LogP contribution in [0.2, 0.25) is 0 Å². The molecule has 192 valence electrons. The third-order valence-corrected chi connectivity index (χ3v) is 7.89. The third kappa shape index (κ3) is 4.17. The highest BCUT2D eigenvalue weighted by Crippen LogP contribution is 2.33. The van der Waals surface area contributed by atoms with E-state index in [4.69, 9.17) is 4.98 Å². The fraction of sp³-hybridized carbons (Fsp3) is 0.345. The number of benzene rings is 1. The lowest BCUT2D eigenvalue weighted by atomic mass is 10.1. The number of hydrogen-bond donors (Lipinski definition) is 3. The van der Waals surface area contributed by atoms with Crippen molar-refractivity contribution < 1.29 is 4.79 Å². The first-order chi connectivity index (χ1) is 18.7. The van der Waals surface area contributed by atoms with Gasteiger partial charge in [0.1, 0.15) is 11.2 Å². The number of aromatic nitrogens is 6. The molecule has 9 heteroatoms. The van der Waals surface area contributed by atoms with Crippen LogP contribution >= 0.6 is 0 Å². The van der Waals surface area contributed by atoms with Crippen molar-refractivity contribution in [3.05, 3.63) is 48.9 Å². The molecule has 0 unspecified atom stereocenters. The number of hydrogen-bond acceptors (Lipinski definition) is 6. The smallest absolute Gasteiger partial charge is 0.227 e. The molecule has 3 N–H and O–H groups in total. The number of aromatic amines is 2. The number of piperidine rings is 1. The highest BCUT2D eigenvalue weighted by Gasteiger charge is 2.23. The molecule has 1 aliphatic carbocycles. The van der Waals surface area contributed by atoms with Crippen molar-refractivity contribution in [2.24, 2.45) is 5.92 Å². The second-order valence-corrected chi connectivity index (χ2v) is 10.4. The van der Waals surface area contributed by atoms with E-state index in [1.54, 1.807) is 18.6 Å². The van der Waals surface area contributed by atoms with E-state index in [-0.39, 0.29) is 11.8 Å². The van der Waals surface area contributed by atoms with Crippen molar-refractivity contribution >= 4 is 39.2 Å². The van der Waals surface area contributed by atoms with Crippen molar-refractivity contribution in [2.75, 3.05) is 23.3 Å². The number of H-pyrrole nitrogens is 2. The average Bonchev–Trinajstić information content (AvgIpc) is 3.73. The first kappa shape index (κ1) is 22.9. The maximum Gasteiger partial charge on any atom is 0.227 e. The molecule has 5 aromatic rings. The van der Waals surface area contributed by atoms with Crippen LogP contribution in [0.25, 0.3) is 44.7 Å². The highest BCUT2D eigenvalue weighted by atomic mass is 16.1. The molecule has 5 heterocycles. The van der Waals surface area contributed by atoms with Gasteiger partial charge in [0, 0.05) is 36.2 Å². The molecule has 0 radical (unpaired) electrons. The largest absolute Gasteiger partial charge is 0.370 e. The Labute approximate surface area is 220 Å². The summed E-state index contributed by atoms with van der Waals surface area (Å²) in [6.45, 7) is 2.13. The summed E-state index contributed by atoms with van der Waals surface area (Å²) in [4.78, 5) is 32.6. The van der Waals surface area contributed by atoms with E-state index in [0.29, 0.717) is 5.69 Å². The monoisotopic (exact) mass is 506 g/mol. The zero-order valence-electron chi connectivity index (χ0n) is 21.2. The van der Waals surface area contributed by atoms with Gasteiger partial charge in [0.05, 0.1) is 40.5 Å². The van der Waals surface area contributed by atoms with Crippen LogP contribution in [0.3, 0.4) is 0 Å². The summed E-state index contributed by atoms with van der Waals surface area (Å²) in [6, 6.07) is 10.3. The molecular weight excluding hydrogens is 476 g/mol. The van der Waals surface area contributed by atoms with Crippen molar-refractivity contribution in [3.63, 3.8) is 0 Å². The van der Waals surface area contributed by atoms with Gasteiger partial charge in [-0.3, -0.25) is 19.9 Å². The Kier molecular flexibility index (Phi) is 5.76. The number of nitrogens with zero attached hydrogens (tertiary/aromatic N) is 5. The summed E-state index contributed by atoms with van der Waals surface area (Å²) < 4.78 is 0. The molecule has 1 aromatic carbocycles. The van der Waals surface area contributed by atoms with Gasteiger partial charge in [-0.05, 0) is 56.4 Å². The number of nitrogens with one attached hydrogen (secondary N) is 3. The van der Waals surface area contributed by atoms with Crippen LogP contribution in [0.15, 0.2) is 48.9 Å². The summed E-state index contributed by atoms with van der Waals surface area (Å²) in [5, 5.41) is 11.7. The minimum atomic E-state index is 0.0794. The van der Waals surface area contributed by atoms with E-state index in [2.05, 4.69) is 53.6 Å². The number of rotatable bonds is 5. The third-order valence-electron chi connectivity index (χ3n) is 7.89. The number of imidazole rings is 1. The van der Waals surface area contributed by atoms with Gasteiger partial charge in [-0.15, -0.1) is 0 Å². The molecule has 38 heavy (non-hydrogen) atoms. The van der Waals surface area contributed by atoms with Crippen LogP contribution in [0, 0.1) is 5.92 Å². The van der Waals surface area contributed by atoms with E-state index in [1.807, 2.05) is 12.1 Å². The van der Waals surface area contributed by atoms with Crippen molar-refractivity contribution in [1.82, 2.24) is 30.1 Å². The van der Waals surface area contributed by atoms with Crippen LogP contribution in [-0.2, 0) is 4.79 Å². The summed E-state index contributed by atoms with van der Waals surface area (Å²) >= 11 is 0. The van der Waals surface area contributed by atoms with Gasteiger partial charge in [-0.25, -0.2) is 4.98 Å². The highest BCUT2D eigenvalue weighted by molar-refractivity contribution is 5.97. The molecule has 4 aromatic heterocycles. The Morgan fingerprint density at radius 3 is 2.71 bits per heavy atom. The molecule has 0 bridgehead atoms. The molecule has 7 rings (SSSR count). The Bertz CT molecular complexity index is 1620. The molecule has 0 spiro atoms. The lowest BCUT2D eigenvalue weighted by Crippen LogP contribution is -2.29. The lowest BCUT2D eigenvalue weighted by Gasteiger charge is -2.28. The van der Waals surface area contributed by atoms with Crippen molar-refractivity contribution in [2.45, 2.75) is 44.9 Å². The number of para-hydroxylation sites is 1. The summed E-state index contributed by atoms with van der Waals surface area (Å²) in [6.07, 6.45) is 13.1. The van der Waals surface area contributed by atoms with E-state index < -0.39 is 0 Å². The number of carbonyl (C=O) groups is 1. The normalized spacial score (nSPS) is 16.5. The molecule has 2 aliphatic rings. The fourth-order valence-corrected chi connectivity index (χ4v) is 5.85. The number of fused-ring (bicyclic) bond motifs is 2. The van der Waals surface area contributed by atoms with Gasteiger partial charge in [-0.2, -0.15) is 5.10 Å². The van der Waals surface area contributed by atoms with Crippen LogP contribution in [0.4, 0.5) is 11.4 Å². The maximum atomic E-state index is 12.6. The van der Waals surface area contributed by atoms with Crippen molar-refractivity contribution in [1.29, 1.82) is 0 Å². The second kappa shape index (κ2) is 9.55. The number of anilines is 2. The predicted octanol–water partition coefficient (Wildman–Crippen LogP) is 5.68. The number of amides is 1. The molecule has 1 saturated heterocycles. The van der Waals surface area contributed by atoms with Gasteiger partial charge >= 0.3 is 0 Å². The van der Waals surface area contributed by atoms with Crippen LogP contribution in [0.5, 0.6) is 0 Å². The van der Waals surface area contributed by atoms with E-state index in [9.17, 15) is 4.79 Å². The molecule has 1 amide bonds. The fourth-order valence-electron chi connectivity index (χ4n) is 5.85. The Hall–Kier alpha value is -4.27. The number of carbonyl (C=O) groups excluding carboxylic acids is 1. The standard InChI is InChI=1S/C29H30N8O/c38-29(18-7-2-3-8-18)32-20-13-19(15-30-16-20)23-14-21-24(17-31-23)35-36-26(21)28-33-22-9-6-10-25(27(22)34-28)37-11-4-1-5-12-37/h6,9-10,13-18H,1-5,7-8,11-12H2,(H,32,38)(H,33,34)(H,35,36). The molecular formula is C29H30N8O. The summed E-state index contributed by atoms with van der Waals surface area (Å²) in [7, 11) is 0. The SMILES string of the molecule is O=C(Nc1cncc(-c2cc3c(-c4nc5c(N6CCCCC6)cccc5[nH]4)n[nH]c3cn2)c1)C1CCCC1. The van der Waals surface area contributed by atoms with Gasteiger partial charge in [0.15, 0.2) is 5.82 Å².